The van der Waals surface area contributed by atoms with Crippen molar-refractivity contribution in [1.82, 2.24) is 9.13 Å². The van der Waals surface area contributed by atoms with E-state index in [1.807, 2.05) is 0 Å². The molecule has 0 amide bonds. The molecule has 0 atom stereocenters. The van der Waals surface area contributed by atoms with Gasteiger partial charge in [-0.05, 0) is 31.5 Å². The molecule has 0 N–H and O–H groups in total. The highest BCUT2D eigenvalue weighted by Gasteiger charge is 2.24. The molecule has 0 unspecified atom stereocenters. The zero-order valence-electron chi connectivity index (χ0n) is 12.6. The Morgan fingerprint density at radius 3 is 1.94 bits per heavy atom. The second-order valence-electron chi connectivity index (χ2n) is 6.04. The highest BCUT2D eigenvalue weighted by atomic mass is 28.2. The summed E-state index contributed by atoms with van der Waals surface area (Å²) in [6.45, 7) is 13.0. The van der Waals surface area contributed by atoms with Crippen molar-refractivity contribution in [2.75, 3.05) is 6.54 Å². The van der Waals surface area contributed by atoms with Crippen LogP contribution >= 0.6 is 0 Å². The Morgan fingerprint density at radius 1 is 1.00 bits per heavy atom. The Balaban J connectivity index is 2.54. The van der Waals surface area contributed by atoms with Crippen molar-refractivity contribution in [2.45, 2.75) is 84.8 Å². The molecule has 0 aromatic rings. The Bertz CT molecular complexity index is 192. The van der Waals surface area contributed by atoms with E-state index in [4.69, 9.17) is 0 Å². The standard InChI is InChI=1S/C14H32N2Si/c1-6-15(14-10-8-7-9-11-14)17-16(12(2)3)13(4)5/h12-14H,6-11,17H2,1-5H3. The zero-order chi connectivity index (χ0) is 12.8. The molecule has 1 saturated carbocycles. The van der Waals surface area contributed by atoms with Gasteiger partial charge < -0.3 is 9.13 Å². The second-order valence-corrected chi connectivity index (χ2v) is 7.87. The van der Waals surface area contributed by atoms with Crippen LogP contribution in [0.5, 0.6) is 0 Å². The summed E-state index contributed by atoms with van der Waals surface area (Å²) in [7, 11) is -0.234. The van der Waals surface area contributed by atoms with Crippen molar-refractivity contribution in [3.05, 3.63) is 0 Å². The van der Waals surface area contributed by atoms with Gasteiger partial charge in [0.15, 0.2) is 9.84 Å². The molecule has 0 aromatic carbocycles. The molecule has 0 heterocycles. The van der Waals surface area contributed by atoms with Crippen LogP contribution in [0.25, 0.3) is 0 Å². The van der Waals surface area contributed by atoms with Crippen LogP contribution in [-0.4, -0.2) is 43.6 Å². The van der Waals surface area contributed by atoms with Gasteiger partial charge in [0.05, 0.1) is 0 Å². The summed E-state index contributed by atoms with van der Waals surface area (Å²) < 4.78 is 5.58. The molecule has 0 spiro atoms. The first kappa shape index (κ1) is 15.2. The molecule has 1 aliphatic carbocycles. The van der Waals surface area contributed by atoms with E-state index in [-0.39, 0.29) is 9.84 Å². The summed E-state index contributed by atoms with van der Waals surface area (Å²) in [5.41, 5.74) is 0. The Kier molecular flexibility index (Phi) is 6.74. The first-order chi connectivity index (χ1) is 8.06. The summed E-state index contributed by atoms with van der Waals surface area (Å²) in [5, 5.41) is 0. The fourth-order valence-corrected chi connectivity index (χ4v) is 4.92. The maximum absolute atomic E-state index is 2.83. The molecule has 2 nitrogen and oxygen atoms in total. The Hall–Kier alpha value is 0.137. The van der Waals surface area contributed by atoms with Crippen LogP contribution in [-0.2, 0) is 0 Å². The fraction of sp³-hybridized carbons (Fsp3) is 1.00. The highest BCUT2D eigenvalue weighted by Crippen LogP contribution is 2.22. The SMILES string of the molecule is CCN([SiH2]N(C(C)C)C(C)C)C1CCCCC1. The van der Waals surface area contributed by atoms with Gasteiger partial charge in [-0.3, -0.25) is 0 Å². The fourth-order valence-electron chi connectivity index (χ4n) is 3.05. The van der Waals surface area contributed by atoms with Gasteiger partial charge in [0.2, 0.25) is 0 Å². The van der Waals surface area contributed by atoms with Crippen molar-refractivity contribution >= 4 is 9.84 Å². The lowest BCUT2D eigenvalue weighted by Gasteiger charge is -2.40. The quantitative estimate of drug-likeness (QED) is 0.674. The second kappa shape index (κ2) is 7.55. The molecule has 0 saturated heterocycles. The van der Waals surface area contributed by atoms with Crippen molar-refractivity contribution in [3.63, 3.8) is 0 Å². The Morgan fingerprint density at radius 2 is 1.53 bits per heavy atom. The Labute approximate surface area is 111 Å². The van der Waals surface area contributed by atoms with E-state index in [1.54, 1.807) is 0 Å². The first-order valence-electron chi connectivity index (χ1n) is 7.56. The van der Waals surface area contributed by atoms with Crippen molar-refractivity contribution in [3.8, 4) is 0 Å². The van der Waals surface area contributed by atoms with E-state index in [1.165, 1.54) is 38.6 Å². The lowest BCUT2D eigenvalue weighted by atomic mass is 9.95. The lowest BCUT2D eigenvalue weighted by Crippen LogP contribution is -2.52. The van der Waals surface area contributed by atoms with Crippen LogP contribution in [0.1, 0.15) is 66.7 Å². The van der Waals surface area contributed by atoms with E-state index in [9.17, 15) is 0 Å². The smallest absolute Gasteiger partial charge is 0.173 e. The normalized spacial score (nSPS) is 19.6. The summed E-state index contributed by atoms with van der Waals surface area (Å²) in [4.78, 5) is 0. The topological polar surface area (TPSA) is 6.48 Å². The molecule has 0 aliphatic heterocycles. The molecule has 3 heteroatoms. The minimum atomic E-state index is -0.234. The van der Waals surface area contributed by atoms with E-state index in [0.717, 1.165) is 6.04 Å². The van der Waals surface area contributed by atoms with E-state index in [0.29, 0.717) is 12.1 Å². The van der Waals surface area contributed by atoms with Crippen molar-refractivity contribution < 1.29 is 0 Å². The van der Waals surface area contributed by atoms with Gasteiger partial charge in [-0.2, -0.15) is 0 Å². The monoisotopic (exact) mass is 256 g/mol. The van der Waals surface area contributed by atoms with Crippen LogP contribution in [0.2, 0.25) is 0 Å². The van der Waals surface area contributed by atoms with Crippen LogP contribution in [0, 0.1) is 0 Å². The molecular weight excluding hydrogens is 224 g/mol. The third-order valence-electron chi connectivity index (χ3n) is 4.17. The molecule has 1 aliphatic rings. The summed E-state index contributed by atoms with van der Waals surface area (Å²) >= 11 is 0. The molecule has 0 bridgehead atoms. The average Bonchev–Trinajstić information content (AvgIpc) is 2.30. The van der Waals surface area contributed by atoms with Crippen LogP contribution in [0.15, 0.2) is 0 Å². The lowest BCUT2D eigenvalue weighted by molar-refractivity contribution is 0.222. The van der Waals surface area contributed by atoms with Gasteiger partial charge in [-0.15, -0.1) is 0 Å². The summed E-state index contributed by atoms with van der Waals surface area (Å²) in [6.07, 6.45) is 7.28. The summed E-state index contributed by atoms with van der Waals surface area (Å²) in [5.74, 6) is 0. The zero-order valence-corrected chi connectivity index (χ0v) is 14.0. The molecular formula is C14H32N2Si. The van der Waals surface area contributed by atoms with Gasteiger partial charge >= 0.3 is 0 Å². The predicted octanol–water partition coefficient (Wildman–Crippen LogP) is 2.76. The minimum Gasteiger partial charge on any atom is -0.314 e. The van der Waals surface area contributed by atoms with Crippen molar-refractivity contribution in [2.24, 2.45) is 0 Å². The molecule has 1 rings (SSSR count). The third kappa shape index (κ3) is 4.72. The molecule has 0 radical (unpaired) electrons. The van der Waals surface area contributed by atoms with E-state index in [2.05, 4.69) is 43.7 Å². The number of hydrogen-bond donors (Lipinski definition) is 0. The van der Waals surface area contributed by atoms with Gasteiger partial charge in [0.1, 0.15) is 0 Å². The third-order valence-corrected chi connectivity index (χ3v) is 7.28. The van der Waals surface area contributed by atoms with Crippen LogP contribution in [0.3, 0.4) is 0 Å². The average molecular weight is 257 g/mol. The van der Waals surface area contributed by atoms with Crippen LogP contribution < -0.4 is 0 Å². The maximum Gasteiger partial charge on any atom is 0.173 e. The maximum atomic E-state index is 2.83. The van der Waals surface area contributed by atoms with Gasteiger partial charge in [-0.25, -0.2) is 0 Å². The van der Waals surface area contributed by atoms with Gasteiger partial charge in [0.25, 0.3) is 0 Å². The van der Waals surface area contributed by atoms with Crippen molar-refractivity contribution in [1.29, 1.82) is 0 Å². The van der Waals surface area contributed by atoms with E-state index < -0.39 is 0 Å². The molecule has 0 aromatic heterocycles. The number of rotatable bonds is 6. The largest absolute Gasteiger partial charge is 0.314 e. The van der Waals surface area contributed by atoms with E-state index >= 15 is 0 Å². The molecule has 1 fully saturated rings. The number of nitrogens with zero attached hydrogens (tertiary/aromatic N) is 2. The molecule has 102 valence electrons. The van der Waals surface area contributed by atoms with Gasteiger partial charge in [-0.1, -0.05) is 53.9 Å². The molecule has 17 heavy (non-hydrogen) atoms. The highest BCUT2D eigenvalue weighted by molar-refractivity contribution is 6.28. The minimum absolute atomic E-state index is 0.234. The van der Waals surface area contributed by atoms with Gasteiger partial charge in [0, 0.05) is 6.04 Å². The first-order valence-corrected chi connectivity index (χ1v) is 8.82. The summed E-state index contributed by atoms with van der Waals surface area (Å²) in [6, 6.07) is 2.32. The number of hydrogen-bond acceptors (Lipinski definition) is 2. The van der Waals surface area contributed by atoms with Crippen LogP contribution in [0.4, 0.5) is 0 Å². The predicted molar refractivity (Wildman–Crippen MR) is 79.9 cm³/mol.